The molecule has 0 saturated carbocycles. The van der Waals surface area contributed by atoms with Crippen LogP contribution in [0.1, 0.15) is 27.1 Å². The molecular formula is C21H16BrClN2O3S. The van der Waals surface area contributed by atoms with Gasteiger partial charge in [0.05, 0.1) is 23.6 Å². The topological polar surface area (TPSA) is 62.6 Å². The smallest absolute Gasteiger partial charge is 0.255 e. The number of nitrogens with zero attached hydrogens (tertiary/aromatic N) is 1. The molecule has 3 aromatic rings. The molecule has 0 radical (unpaired) electrons. The van der Waals surface area contributed by atoms with Gasteiger partial charge < -0.3 is 14.6 Å². The lowest BCUT2D eigenvalue weighted by Gasteiger charge is -2.23. The van der Waals surface area contributed by atoms with E-state index >= 15 is 0 Å². The average molecular weight is 492 g/mol. The first-order valence-corrected chi connectivity index (χ1v) is 11.0. The molecule has 2 amide bonds. The van der Waals surface area contributed by atoms with Crippen molar-refractivity contribution >= 4 is 56.8 Å². The van der Waals surface area contributed by atoms with E-state index in [1.165, 1.54) is 0 Å². The highest BCUT2D eigenvalue weighted by atomic mass is 79.9. The van der Waals surface area contributed by atoms with Crippen molar-refractivity contribution in [2.24, 2.45) is 0 Å². The van der Waals surface area contributed by atoms with Crippen molar-refractivity contribution in [3.05, 3.63) is 87.2 Å². The van der Waals surface area contributed by atoms with E-state index in [0.717, 1.165) is 15.8 Å². The van der Waals surface area contributed by atoms with Gasteiger partial charge in [-0.2, -0.15) is 0 Å². The molecule has 1 N–H and O–H groups in total. The summed E-state index contributed by atoms with van der Waals surface area (Å²) in [6, 6.07) is 16.2. The number of furan rings is 1. The number of halogens is 2. The van der Waals surface area contributed by atoms with Gasteiger partial charge in [0.15, 0.2) is 0 Å². The van der Waals surface area contributed by atoms with Gasteiger partial charge in [-0.3, -0.25) is 9.59 Å². The van der Waals surface area contributed by atoms with Crippen molar-refractivity contribution in [1.82, 2.24) is 4.90 Å². The second-order valence-electron chi connectivity index (χ2n) is 6.47. The van der Waals surface area contributed by atoms with E-state index in [4.69, 9.17) is 16.0 Å². The van der Waals surface area contributed by atoms with E-state index in [9.17, 15) is 9.59 Å². The zero-order valence-corrected chi connectivity index (χ0v) is 18.3. The number of rotatable bonds is 5. The fourth-order valence-corrected chi connectivity index (χ4v) is 4.66. The van der Waals surface area contributed by atoms with Crippen LogP contribution in [0.4, 0.5) is 5.69 Å². The first-order valence-electron chi connectivity index (χ1n) is 8.81. The van der Waals surface area contributed by atoms with Crippen LogP contribution >= 0.6 is 39.3 Å². The van der Waals surface area contributed by atoms with Gasteiger partial charge >= 0.3 is 0 Å². The normalized spacial score (nSPS) is 16.3. The lowest BCUT2D eigenvalue weighted by Crippen LogP contribution is -2.27. The zero-order valence-electron chi connectivity index (χ0n) is 15.1. The van der Waals surface area contributed by atoms with Gasteiger partial charge in [-0.25, -0.2) is 0 Å². The number of hydrogen-bond acceptors (Lipinski definition) is 4. The first-order chi connectivity index (χ1) is 14.0. The summed E-state index contributed by atoms with van der Waals surface area (Å²) in [6.45, 7) is 0.427. The molecule has 8 heteroatoms. The molecule has 0 bridgehead atoms. The molecule has 148 valence electrons. The van der Waals surface area contributed by atoms with Crippen molar-refractivity contribution in [2.45, 2.75) is 11.9 Å². The Morgan fingerprint density at radius 1 is 1.24 bits per heavy atom. The summed E-state index contributed by atoms with van der Waals surface area (Å²) in [5.74, 6) is 1.02. The highest BCUT2D eigenvalue weighted by Crippen LogP contribution is 2.39. The summed E-state index contributed by atoms with van der Waals surface area (Å²) in [5.41, 5.74) is 2.11. The van der Waals surface area contributed by atoms with Gasteiger partial charge in [0.2, 0.25) is 5.91 Å². The summed E-state index contributed by atoms with van der Waals surface area (Å²) in [7, 11) is 0. The fourth-order valence-electron chi connectivity index (χ4n) is 3.05. The van der Waals surface area contributed by atoms with Gasteiger partial charge in [0, 0.05) is 15.7 Å². The molecule has 0 unspecified atom stereocenters. The molecule has 1 aliphatic heterocycles. The van der Waals surface area contributed by atoms with Crippen molar-refractivity contribution in [3.63, 3.8) is 0 Å². The standard InChI is InChI=1S/C21H16BrClN2O3S/c22-17-8-7-15(10-18(17)23)24-20(27)13-3-5-14(6-4-13)21-25(19(26)12-29-21)11-16-2-1-9-28-16/h1-10,21H,11-12H2,(H,24,27)/t21-/m0/s1. The summed E-state index contributed by atoms with van der Waals surface area (Å²) >= 11 is 11.0. The van der Waals surface area contributed by atoms with Gasteiger partial charge in [-0.05, 0) is 64.0 Å². The average Bonchev–Trinajstić information content (AvgIpc) is 3.36. The van der Waals surface area contributed by atoms with Crippen LogP contribution in [0.2, 0.25) is 5.02 Å². The maximum atomic E-state index is 12.5. The molecule has 0 spiro atoms. The number of carbonyl (C=O) groups is 2. The number of amides is 2. The molecule has 0 aliphatic carbocycles. The van der Waals surface area contributed by atoms with Crippen LogP contribution in [0.5, 0.6) is 0 Å². The number of hydrogen-bond donors (Lipinski definition) is 1. The van der Waals surface area contributed by atoms with Crippen LogP contribution < -0.4 is 5.32 Å². The van der Waals surface area contributed by atoms with E-state index in [-0.39, 0.29) is 17.2 Å². The minimum Gasteiger partial charge on any atom is -0.467 e. The second kappa shape index (κ2) is 8.65. The molecule has 1 aromatic heterocycles. The van der Waals surface area contributed by atoms with E-state index in [2.05, 4.69) is 21.2 Å². The highest BCUT2D eigenvalue weighted by molar-refractivity contribution is 9.10. The number of nitrogens with one attached hydrogen (secondary N) is 1. The first kappa shape index (κ1) is 20.1. The molecule has 1 fully saturated rings. The minimum absolute atomic E-state index is 0.0744. The van der Waals surface area contributed by atoms with Gasteiger partial charge in [-0.1, -0.05) is 23.7 Å². The van der Waals surface area contributed by atoms with Crippen LogP contribution in [0.25, 0.3) is 0 Å². The third-order valence-corrected chi connectivity index (χ3v) is 7.00. The van der Waals surface area contributed by atoms with Crippen molar-refractivity contribution in [1.29, 1.82) is 0 Å². The van der Waals surface area contributed by atoms with Crippen LogP contribution in [-0.4, -0.2) is 22.5 Å². The van der Waals surface area contributed by atoms with Crippen molar-refractivity contribution in [2.75, 3.05) is 11.1 Å². The molecule has 1 atom stereocenters. The summed E-state index contributed by atoms with van der Waals surface area (Å²) < 4.78 is 6.15. The number of anilines is 1. The fraction of sp³-hybridized carbons (Fsp3) is 0.143. The minimum atomic E-state index is -0.225. The highest BCUT2D eigenvalue weighted by Gasteiger charge is 2.33. The van der Waals surface area contributed by atoms with Crippen molar-refractivity contribution < 1.29 is 14.0 Å². The van der Waals surface area contributed by atoms with E-state index in [0.29, 0.717) is 28.6 Å². The van der Waals surface area contributed by atoms with Gasteiger partial charge in [-0.15, -0.1) is 11.8 Å². The van der Waals surface area contributed by atoms with E-state index < -0.39 is 0 Å². The summed E-state index contributed by atoms with van der Waals surface area (Å²) in [4.78, 5) is 26.6. The Bertz CT molecular complexity index is 1040. The Labute approximate surface area is 185 Å². The van der Waals surface area contributed by atoms with Crippen LogP contribution in [0.3, 0.4) is 0 Å². The Hall–Kier alpha value is -2.22. The van der Waals surface area contributed by atoms with Crippen molar-refractivity contribution in [3.8, 4) is 0 Å². The molecule has 4 rings (SSSR count). The predicted molar refractivity (Wildman–Crippen MR) is 118 cm³/mol. The number of benzene rings is 2. The monoisotopic (exact) mass is 490 g/mol. The quantitative estimate of drug-likeness (QED) is 0.496. The third kappa shape index (κ3) is 4.52. The Morgan fingerprint density at radius 3 is 2.72 bits per heavy atom. The van der Waals surface area contributed by atoms with Crippen LogP contribution in [0.15, 0.2) is 69.8 Å². The number of thioether (sulfide) groups is 1. The van der Waals surface area contributed by atoms with Crippen LogP contribution in [-0.2, 0) is 11.3 Å². The maximum absolute atomic E-state index is 12.5. The Balaban J connectivity index is 1.47. The summed E-state index contributed by atoms with van der Waals surface area (Å²) in [5, 5.41) is 3.26. The Kier molecular flexibility index (Phi) is 5.99. The molecule has 1 aliphatic rings. The lowest BCUT2D eigenvalue weighted by molar-refractivity contribution is -0.128. The Morgan fingerprint density at radius 2 is 2.03 bits per heavy atom. The molecule has 2 heterocycles. The van der Waals surface area contributed by atoms with Gasteiger partial charge in [0.25, 0.3) is 5.91 Å². The third-order valence-electron chi connectivity index (χ3n) is 4.51. The largest absolute Gasteiger partial charge is 0.467 e. The lowest BCUT2D eigenvalue weighted by atomic mass is 10.1. The summed E-state index contributed by atoms with van der Waals surface area (Å²) in [6.07, 6.45) is 1.60. The molecule has 5 nitrogen and oxygen atoms in total. The molecule has 2 aromatic carbocycles. The van der Waals surface area contributed by atoms with E-state index in [1.807, 2.05) is 24.3 Å². The SMILES string of the molecule is O=C(Nc1ccc(Br)c(Cl)c1)c1ccc([C@@H]2SCC(=O)N2Cc2ccco2)cc1. The molecular weight excluding hydrogens is 476 g/mol. The molecule has 29 heavy (non-hydrogen) atoms. The van der Waals surface area contributed by atoms with Gasteiger partial charge in [0.1, 0.15) is 11.1 Å². The van der Waals surface area contributed by atoms with Crippen LogP contribution in [0, 0.1) is 0 Å². The molecule has 1 saturated heterocycles. The number of carbonyl (C=O) groups excluding carboxylic acids is 2. The predicted octanol–water partition coefficient (Wildman–Crippen LogP) is 5.72. The zero-order chi connectivity index (χ0) is 20.4. The second-order valence-corrected chi connectivity index (χ2v) is 8.80. The van der Waals surface area contributed by atoms with E-state index in [1.54, 1.807) is 53.3 Å². The maximum Gasteiger partial charge on any atom is 0.255 e.